The Bertz CT molecular complexity index is 463. The third-order valence-corrected chi connectivity index (χ3v) is 3.74. The summed E-state index contributed by atoms with van der Waals surface area (Å²) < 4.78 is 42.4. The summed E-state index contributed by atoms with van der Waals surface area (Å²) in [5.41, 5.74) is 0.913. The number of aliphatic hydroxyl groups excluding tert-OH is 1. The molecular weight excluding hydrogens is 339 g/mol. The van der Waals surface area contributed by atoms with Gasteiger partial charge in [-0.2, -0.15) is 13.2 Å². The standard InChI is InChI=1S/C13H15BrF3NO2/c14-11-4-3-10(20-7-12(19)13(15,16)17)5-8(11)6-18-9-1-2-9/h3-5,9,12,18-19H,1-2,6-7H2. The molecule has 1 aliphatic carbocycles. The second kappa shape index (κ2) is 6.32. The maximum absolute atomic E-state index is 12.2. The summed E-state index contributed by atoms with van der Waals surface area (Å²) >= 11 is 3.39. The van der Waals surface area contributed by atoms with Gasteiger partial charge in [-0.25, -0.2) is 0 Å². The first-order valence-corrected chi connectivity index (χ1v) is 7.05. The van der Waals surface area contributed by atoms with Crippen molar-refractivity contribution in [3.8, 4) is 5.75 Å². The molecule has 1 aromatic carbocycles. The van der Waals surface area contributed by atoms with E-state index in [1.807, 2.05) is 0 Å². The molecule has 112 valence electrons. The van der Waals surface area contributed by atoms with Gasteiger partial charge in [0, 0.05) is 17.1 Å². The molecule has 0 saturated heterocycles. The molecule has 0 aromatic heterocycles. The van der Waals surface area contributed by atoms with Crippen molar-refractivity contribution < 1.29 is 23.0 Å². The van der Waals surface area contributed by atoms with Gasteiger partial charge in [-0.3, -0.25) is 0 Å². The van der Waals surface area contributed by atoms with E-state index in [9.17, 15) is 13.2 Å². The van der Waals surface area contributed by atoms with Crippen molar-refractivity contribution in [2.45, 2.75) is 37.7 Å². The van der Waals surface area contributed by atoms with Crippen LogP contribution in [0.3, 0.4) is 0 Å². The minimum absolute atomic E-state index is 0.309. The van der Waals surface area contributed by atoms with Crippen molar-refractivity contribution in [2.24, 2.45) is 0 Å². The molecule has 3 nitrogen and oxygen atoms in total. The molecule has 1 atom stereocenters. The summed E-state index contributed by atoms with van der Waals surface area (Å²) in [6, 6.07) is 5.49. The SMILES string of the molecule is OC(COc1ccc(Br)c(CNC2CC2)c1)C(F)(F)F. The maximum atomic E-state index is 12.2. The molecular formula is C13H15BrF3NO2. The highest BCUT2D eigenvalue weighted by Crippen LogP contribution is 2.26. The predicted molar refractivity (Wildman–Crippen MR) is 71.6 cm³/mol. The van der Waals surface area contributed by atoms with Gasteiger partial charge in [0.2, 0.25) is 0 Å². The lowest BCUT2D eigenvalue weighted by Gasteiger charge is -2.16. The van der Waals surface area contributed by atoms with Gasteiger partial charge < -0.3 is 15.2 Å². The lowest BCUT2D eigenvalue weighted by Crippen LogP contribution is -2.34. The Morgan fingerprint density at radius 3 is 2.70 bits per heavy atom. The molecule has 0 heterocycles. The monoisotopic (exact) mass is 353 g/mol. The smallest absolute Gasteiger partial charge is 0.417 e. The van der Waals surface area contributed by atoms with Crippen LogP contribution in [0, 0.1) is 0 Å². The summed E-state index contributed by atoms with van der Waals surface area (Å²) in [4.78, 5) is 0. The minimum atomic E-state index is -4.66. The van der Waals surface area contributed by atoms with Crippen molar-refractivity contribution in [1.82, 2.24) is 5.32 Å². The topological polar surface area (TPSA) is 41.5 Å². The van der Waals surface area contributed by atoms with Crippen molar-refractivity contribution in [3.05, 3.63) is 28.2 Å². The van der Waals surface area contributed by atoms with Crippen LogP contribution < -0.4 is 10.1 Å². The van der Waals surface area contributed by atoms with E-state index < -0.39 is 18.9 Å². The lowest BCUT2D eigenvalue weighted by atomic mass is 10.2. The molecule has 1 aliphatic rings. The largest absolute Gasteiger partial charge is 0.491 e. The van der Waals surface area contributed by atoms with E-state index in [2.05, 4.69) is 21.2 Å². The van der Waals surface area contributed by atoms with Crippen LogP contribution in [-0.2, 0) is 6.54 Å². The van der Waals surface area contributed by atoms with Gasteiger partial charge in [0.05, 0.1) is 0 Å². The Labute approximate surface area is 123 Å². The number of alkyl halides is 3. The number of hydrogen-bond acceptors (Lipinski definition) is 3. The average molecular weight is 354 g/mol. The van der Waals surface area contributed by atoms with Crippen LogP contribution >= 0.6 is 15.9 Å². The molecule has 0 amide bonds. The predicted octanol–water partition coefficient (Wildman–Crippen LogP) is 3.00. The van der Waals surface area contributed by atoms with Crippen LogP contribution in [0.25, 0.3) is 0 Å². The van der Waals surface area contributed by atoms with Gasteiger partial charge in [-0.15, -0.1) is 0 Å². The van der Waals surface area contributed by atoms with Crippen LogP contribution in [0.4, 0.5) is 13.2 Å². The lowest BCUT2D eigenvalue weighted by molar-refractivity contribution is -0.210. The Kier molecular flexibility index (Phi) is 4.93. The fourth-order valence-corrected chi connectivity index (χ4v) is 1.97. The summed E-state index contributed by atoms with van der Waals surface area (Å²) in [6.45, 7) is -0.176. The fraction of sp³-hybridized carbons (Fsp3) is 0.538. The molecule has 0 spiro atoms. The number of rotatable bonds is 6. The molecule has 7 heteroatoms. The van der Waals surface area contributed by atoms with Gasteiger partial charge in [-0.1, -0.05) is 15.9 Å². The molecule has 0 radical (unpaired) electrons. The number of benzene rings is 1. The molecule has 1 fully saturated rings. The third-order valence-electron chi connectivity index (χ3n) is 2.96. The first-order valence-electron chi connectivity index (χ1n) is 6.25. The second-order valence-electron chi connectivity index (χ2n) is 4.78. The molecule has 20 heavy (non-hydrogen) atoms. The molecule has 1 aromatic rings. The summed E-state index contributed by atoms with van der Waals surface area (Å²) in [6.07, 6.45) is -4.82. The van der Waals surface area contributed by atoms with E-state index in [-0.39, 0.29) is 0 Å². The van der Waals surface area contributed by atoms with E-state index in [0.717, 1.165) is 22.9 Å². The van der Waals surface area contributed by atoms with Crippen molar-refractivity contribution in [3.63, 3.8) is 0 Å². The van der Waals surface area contributed by atoms with E-state index in [1.54, 1.807) is 18.2 Å². The second-order valence-corrected chi connectivity index (χ2v) is 5.63. The van der Waals surface area contributed by atoms with Crippen LogP contribution in [0.1, 0.15) is 18.4 Å². The van der Waals surface area contributed by atoms with Crippen molar-refractivity contribution >= 4 is 15.9 Å². The quantitative estimate of drug-likeness (QED) is 0.825. The first kappa shape index (κ1) is 15.6. The zero-order valence-corrected chi connectivity index (χ0v) is 12.2. The number of ether oxygens (including phenoxy) is 1. The Hall–Kier alpha value is -0.790. The molecule has 2 rings (SSSR count). The van der Waals surface area contributed by atoms with Crippen LogP contribution in [0.5, 0.6) is 5.75 Å². The number of halogens is 4. The minimum Gasteiger partial charge on any atom is -0.491 e. The zero-order chi connectivity index (χ0) is 14.8. The molecule has 2 N–H and O–H groups in total. The van der Waals surface area contributed by atoms with Crippen LogP contribution in [-0.4, -0.2) is 30.0 Å². The molecule has 1 saturated carbocycles. The Balaban J connectivity index is 1.92. The van der Waals surface area contributed by atoms with E-state index in [1.165, 1.54) is 0 Å². The summed E-state index contributed by atoms with van der Waals surface area (Å²) in [7, 11) is 0. The van der Waals surface area contributed by atoms with Crippen molar-refractivity contribution in [2.75, 3.05) is 6.61 Å². The van der Waals surface area contributed by atoms with Crippen LogP contribution in [0.2, 0.25) is 0 Å². The highest BCUT2D eigenvalue weighted by atomic mass is 79.9. The van der Waals surface area contributed by atoms with Crippen LogP contribution in [0.15, 0.2) is 22.7 Å². The third kappa shape index (κ3) is 4.64. The first-order chi connectivity index (χ1) is 9.36. The van der Waals surface area contributed by atoms with E-state index in [0.29, 0.717) is 18.3 Å². The Morgan fingerprint density at radius 2 is 2.10 bits per heavy atom. The summed E-state index contributed by atoms with van der Waals surface area (Å²) in [5.74, 6) is 0.309. The Morgan fingerprint density at radius 1 is 1.40 bits per heavy atom. The fourth-order valence-electron chi connectivity index (χ4n) is 1.59. The molecule has 0 aliphatic heterocycles. The van der Waals surface area contributed by atoms with Gasteiger partial charge in [-0.05, 0) is 36.6 Å². The van der Waals surface area contributed by atoms with Gasteiger partial charge in [0.1, 0.15) is 12.4 Å². The number of nitrogens with one attached hydrogen (secondary N) is 1. The van der Waals surface area contributed by atoms with Gasteiger partial charge in [0.25, 0.3) is 0 Å². The molecule has 0 bridgehead atoms. The average Bonchev–Trinajstić information content (AvgIpc) is 3.18. The highest BCUT2D eigenvalue weighted by Gasteiger charge is 2.38. The van der Waals surface area contributed by atoms with E-state index in [4.69, 9.17) is 9.84 Å². The number of hydrogen-bond donors (Lipinski definition) is 2. The van der Waals surface area contributed by atoms with E-state index >= 15 is 0 Å². The normalized spacial score (nSPS) is 17.1. The molecule has 1 unspecified atom stereocenters. The van der Waals surface area contributed by atoms with Gasteiger partial charge in [0.15, 0.2) is 6.10 Å². The van der Waals surface area contributed by atoms with Gasteiger partial charge >= 0.3 is 6.18 Å². The summed E-state index contributed by atoms with van der Waals surface area (Å²) in [5, 5.41) is 12.2. The highest BCUT2D eigenvalue weighted by molar-refractivity contribution is 9.10. The number of aliphatic hydroxyl groups is 1. The zero-order valence-electron chi connectivity index (χ0n) is 10.6. The maximum Gasteiger partial charge on any atom is 0.417 e. The van der Waals surface area contributed by atoms with Crippen molar-refractivity contribution in [1.29, 1.82) is 0 Å².